The van der Waals surface area contributed by atoms with Gasteiger partial charge in [0.25, 0.3) is 15.9 Å². The lowest BCUT2D eigenvalue weighted by atomic mass is 9.97. The molecule has 1 amide bonds. The van der Waals surface area contributed by atoms with E-state index in [9.17, 15) is 13.2 Å². The third-order valence-electron chi connectivity index (χ3n) is 5.39. The molecule has 174 valence electrons. The van der Waals surface area contributed by atoms with Crippen molar-refractivity contribution in [3.8, 4) is 11.5 Å². The summed E-state index contributed by atoms with van der Waals surface area (Å²) >= 11 is 0. The molecular weight excluding hydrogens is 428 g/mol. The number of carbonyl (C=O) groups is 1. The van der Waals surface area contributed by atoms with Crippen molar-refractivity contribution in [1.29, 1.82) is 0 Å². The third-order valence-corrected chi connectivity index (χ3v) is 6.79. The molecule has 3 rings (SSSR count). The number of amides is 1. The van der Waals surface area contributed by atoms with Gasteiger partial charge in [0, 0.05) is 11.7 Å². The summed E-state index contributed by atoms with van der Waals surface area (Å²) in [4.78, 5) is 12.3. The number of hydrogen-bond acceptors (Lipinski definition) is 5. The second kappa shape index (κ2) is 11.8. The van der Waals surface area contributed by atoms with Crippen LogP contribution in [0.25, 0.3) is 0 Å². The topological polar surface area (TPSA) is 93.7 Å². The highest BCUT2D eigenvalue weighted by Crippen LogP contribution is 2.22. The van der Waals surface area contributed by atoms with Gasteiger partial charge in [0.1, 0.15) is 11.5 Å². The van der Waals surface area contributed by atoms with E-state index in [1.807, 2.05) is 6.92 Å². The molecule has 2 aromatic rings. The molecule has 0 atom stereocenters. The largest absolute Gasteiger partial charge is 0.494 e. The van der Waals surface area contributed by atoms with E-state index in [0.29, 0.717) is 23.8 Å². The molecule has 8 heteroatoms. The standard InChI is InChI=1S/C24H32N2O5S/c1-2-30-21-12-10-20(11-13-21)26-32(28,29)23-16-14-22(15-17-23)31-18-24(27)25-19-8-6-4-3-5-7-9-19/h10-17,19,26H,2-9,18H2,1H3,(H,25,27). The number of hydrogen-bond donors (Lipinski definition) is 2. The van der Waals surface area contributed by atoms with Gasteiger partial charge in [-0.25, -0.2) is 8.42 Å². The van der Waals surface area contributed by atoms with Crippen LogP contribution in [0.2, 0.25) is 0 Å². The van der Waals surface area contributed by atoms with Crippen molar-refractivity contribution in [1.82, 2.24) is 5.32 Å². The molecule has 2 aromatic carbocycles. The van der Waals surface area contributed by atoms with E-state index >= 15 is 0 Å². The zero-order valence-corrected chi connectivity index (χ0v) is 19.3. The van der Waals surface area contributed by atoms with Gasteiger partial charge in [0.2, 0.25) is 0 Å². The Morgan fingerprint density at radius 3 is 2.06 bits per heavy atom. The summed E-state index contributed by atoms with van der Waals surface area (Å²) in [6.07, 6.45) is 8.06. The molecule has 0 unspecified atom stereocenters. The minimum Gasteiger partial charge on any atom is -0.494 e. The molecule has 0 heterocycles. The van der Waals surface area contributed by atoms with Crippen molar-refractivity contribution >= 4 is 21.6 Å². The van der Waals surface area contributed by atoms with Crippen LogP contribution in [-0.2, 0) is 14.8 Å². The molecule has 0 aliphatic heterocycles. The molecule has 1 fully saturated rings. The Bertz CT molecular complexity index is 951. The minimum absolute atomic E-state index is 0.0903. The Morgan fingerprint density at radius 2 is 1.44 bits per heavy atom. The molecule has 0 spiro atoms. The molecule has 0 bridgehead atoms. The zero-order valence-electron chi connectivity index (χ0n) is 18.5. The van der Waals surface area contributed by atoms with Crippen LogP contribution in [0.1, 0.15) is 51.9 Å². The van der Waals surface area contributed by atoms with Crippen molar-refractivity contribution in [3.63, 3.8) is 0 Å². The van der Waals surface area contributed by atoms with Crippen LogP contribution in [0.4, 0.5) is 5.69 Å². The molecule has 0 saturated heterocycles. The quantitative estimate of drug-likeness (QED) is 0.575. The molecule has 32 heavy (non-hydrogen) atoms. The van der Waals surface area contributed by atoms with Gasteiger partial charge in [-0.15, -0.1) is 0 Å². The van der Waals surface area contributed by atoms with E-state index in [2.05, 4.69) is 10.0 Å². The van der Waals surface area contributed by atoms with Gasteiger partial charge >= 0.3 is 0 Å². The highest BCUT2D eigenvalue weighted by atomic mass is 32.2. The Kier molecular flexibility index (Phi) is 8.79. The second-order valence-corrected chi connectivity index (χ2v) is 9.61. The Hall–Kier alpha value is -2.74. The highest BCUT2D eigenvalue weighted by Gasteiger charge is 2.16. The summed E-state index contributed by atoms with van der Waals surface area (Å²) in [5, 5.41) is 3.05. The van der Waals surface area contributed by atoms with Crippen LogP contribution < -0.4 is 19.5 Å². The second-order valence-electron chi connectivity index (χ2n) is 7.93. The van der Waals surface area contributed by atoms with Gasteiger partial charge in [-0.1, -0.05) is 32.1 Å². The number of benzene rings is 2. The minimum atomic E-state index is -3.74. The van der Waals surface area contributed by atoms with Gasteiger partial charge < -0.3 is 14.8 Å². The van der Waals surface area contributed by atoms with Crippen LogP contribution in [0, 0.1) is 0 Å². The van der Waals surface area contributed by atoms with E-state index in [-0.39, 0.29) is 23.5 Å². The van der Waals surface area contributed by atoms with Gasteiger partial charge in [0.05, 0.1) is 11.5 Å². The van der Waals surface area contributed by atoms with Crippen LogP contribution in [0.15, 0.2) is 53.4 Å². The summed E-state index contributed by atoms with van der Waals surface area (Å²) in [6.45, 7) is 2.34. The number of sulfonamides is 1. The van der Waals surface area contributed by atoms with E-state index in [4.69, 9.17) is 9.47 Å². The first-order valence-corrected chi connectivity index (χ1v) is 12.7. The smallest absolute Gasteiger partial charge is 0.261 e. The fourth-order valence-electron chi connectivity index (χ4n) is 3.73. The van der Waals surface area contributed by atoms with Gasteiger partial charge in [0.15, 0.2) is 6.61 Å². The average molecular weight is 461 g/mol. The predicted octanol–water partition coefficient (Wildman–Crippen LogP) is 4.49. The van der Waals surface area contributed by atoms with Crippen LogP contribution in [-0.4, -0.2) is 33.6 Å². The first-order valence-electron chi connectivity index (χ1n) is 11.2. The fraction of sp³-hybridized carbons (Fsp3) is 0.458. The van der Waals surface area contributed by atoms with Crippen molar-refractivity contribution in [2.45, 2.75) is 62.8 Å². The Balaban J connectivity index is 1.50. The van der Waals surface area contributed by atoms with Crippen molar-refractivity contribution < 1.29 is 22.7 Å². The van der Waals surface area contributed by atoms with Gasteiger partial charge in [-0.05, 0) is 68.3 Å². The third kappa shape index (κ3) is 7.44. The number of rotatable bonds is 9. The summed E-state index contributed by atoms with van der Waals surface area (Å²) in [7, 11) is -3.74. The normalized spacial score (nSPS) is 15.3. The van der Waals surface area contributed by atoms with Crippen molar-refractivity contribution in [2.24, 2.45) is 0 Å². The first-order chi connectivity index (χ1) is 15.5. The maximum atomic E-state index is 12.6. The molecule has 1 aliphatic carbocycles. The molecule has 0 radical (unpaired) electrons. The number of nitrogens with one attached hydrogen (secondary N) is 2. The zero-order chi connectivity index (χ0) is 22.8. The van der Waals surface area contributed by atoms with E-state index < -0.39 is 10.0 Å². The van der Waals surface area contributed by atoms with Gasteiger partial charge in [-0.2, -0.15) is 0 Å². The molecule has 2 N–H and O–H groups in total. The lowest BCUT2D eigenvalue weighted by Crippen LogP contribution is -2.38. The van der Waals surface area contributed by atoms with Crippen molar-refractivity contribution in [2.75, 3.05) is 17.9 Å². The summed E-state index contributed by atoms with van der Waals surface area (Å²) in [5.74, 6) is 0.970. The van der Waals surface area contributed by atoms with E-state index in [0.717, 1.165) is 25.7 Å². The van der Waals surface area contributed by atoms with E-state index in [1.54, 1.807) is 36.4 Å². The molecule has 1 aliphatic rings. The monoisotopic (exact) mass is 460 g/mol. The maximum Gasteiger partial charge on any atom is 0.261 e. The molecular formula is C24H32N2O5S. The number of carbonyl (C=O) groups excluding carboxylic acids is 1. The lowest BCUT2D eigenvalue weighted by Gasteiger charge is -2.21. The highest BCUT2D eigenvalue weighted by molar-refractivity contribution is 7.92. The van der Waals surface area contributed by atoms with E-state index in [1.165, 1.54) is 31.4 Å². The maximum absolute atomic E-state index is 12.6. The summed E-state index contributed by atoms with van der Waals surface area (Å²) in [5.41, 5.74) is 0.444. The first kappa shape index (κ1) is 23.9. The molecule has 0 aromatic heterocycles. The average Bonchev–Trinajstić information content (AvgIpc) is 2.76. The van der Waals surface area contributed by atoms with Gasteiger partial charge in [-0.3, -0.25) is 9.52 Å². The molecule has 7 nitrogen and oxygen atoms in total. The SMILES string of the molecule is CCOc1ccc(NS(=O)(=O)c2ccc(OCC(=O)NC3CCCCCCC3)cc2)cc1. The molecule has 1 saturated carbocycles. The Morgan fingerprint density at radius 1 is 0.875 bits per heavy atom. The van der Waals surface area contributed by atoms with Crippen LogP contribution >= 0.6 is 0 Å². The lowest BCUT2D eigenvalue weighted by molar-refractivity contribution is -0.123. The predicted molar refractivity (Wildman–Crippen MR) is 125 cm³/mol. The number of anilines is 1. The summed E-state index contributed by atoms with van der Waals surface area (Å²) in [6, 6.07) is 12.9. The van der Waals surface area contributed by atoms with Crippen LogP contribution in [0.5, 0.6) is 11.5 Å². The number of ether oxygens (including phenoxy) is 2. The van der Waals surface area contributed by atoms with Crippen LogP contribution in [0.3, 0.4) is 0 Å². The fourth-order valence-corrected chi connectivity index (χ4v) is 4.79. The Labute approximate surface area is 190 Å². The van der Waals surface area contributed by atoms with Crippen molar-refractivity contribution in [3.05, 3.63) is 48.5 Å². The summed E-state index contributed by atoms with van der Waals surface area (Å²) < 4.78 is 38.7.